The fourth-order valence-corrected chi connectivity index (χ4v) is 1.95. The summed E-state index contributed by atoms with van der Waals surface area (Å²) in [6, 6.07) is 5.20. The monoisotopic (exact) mass is 339 g/mol. The summed E-state index contributed by atoms with van der Waals surface area (Å²) >= 11 is 8.03. The Morgan fingerprint density at radius 2 is 2.33 bits per heavy atom. The lowest BCUT2D eigenvalue weighted by atomic mass is 10.2. The van der Waals surface area contributed by atoms with Gasteiger partial charge in [0.05, 0.1) is 16.7 Å². The molecule has 1 aromatic rings. The fraction of sp³-hybridized carbons (Fsp3) is 0.300. The van der Waals surface area contributed by atoms with Gasteiger partial charge in [-0.05, 0) is 47.7 Å². The topological polar surface area (TPSA) is 49.3 Å². The maximum Gasteiger partial charge on any atom is 0.252 e. The molecule has 3 nitrogen and oxygen atoms in total. The van der Waals surface area contributed by atoms with Crippen molar-refractivity contribution >= 4 is 40.1 Å². The highest BCUT2D eigenvalue weighted by Gasteiger charge is 2.10. The van der Waals surface area contributed by atoms with Crippen LogP contribution in [0.25, 0.3) is 0 Å². The molecule has 0 aliphatic heterocycles. The predicted octanol–water partition coefficient (Wildman–Crippen LogP) is 2.06. The van der Waals surface area contributed by atoms with E-state index in [-0.39, 0.29) is 12.5 Å². The number of hydrogen-bond acceptors (Lipinski definition) is 2. The molecule has 5 heteroatoms. The van der Waals surface area contributed by atoms with E-state index in [0.717, 1.165) is 3.57 Å². The number of halogens is 2. The Balaban J connectivity index is 2.74. The Morgan fingerprint density at radius 1 is 1.67 bits per heavy atom. The zero-order valence-corrected chi connectivity index (χ0v) is 11.0. The van der Waals surface area contributed by atoms with Gasteiger partial charge < -0.3 is 10.4 Å². The molecule has 0 aromatic heterocycles. The molecule has 15 heavy (non-hydrogen) atoms. The smallest absolute Gasteiger partial charge is 0.252 e. The minimum Gasteiger partial charge on any atom is -0.392 e. The molecule has 0 bridgehead atoms. The predicted molar refractivity (Wildman–Crippen MR) is 68.2 cm³/mol. The SMILES string of the molecule is CC(O)CNC(=O)c1ccc(I)cc1Cl. The first kappa shape index (κ1) is 12.7. The van der Waals surface area contributed by atoms with Crippen molar-refractivity contribution in [1.82, 2.24) is 5.32 Å². The van der Waals surface area contributed by atoms with Crippen molar-refractivity contribution in [2.24, 2.45) is 0 Å². The lowest BCUT2D eigenvalue weighted by molar-refractivity contribution is 0.0924. The Kier molecular flexibility index (Phi) is 4.82. The number of amides is 1. The number of hydrogen-bond donors (Lipinski definition) is 2. The largest absolute Gasteiger partial charge is 0.392 e. The van der Waals surface area contributed by atoms with Gasteiger partial charge in [-0.1, -0.05) is 11.6 Å². The molecule has 0 fully saturated rings. The number of carbonyl (C=O) groups excluding carboxylic acids is 1. The molecule has 0 saturated heterocycles. The van der Waals surface area contributed by atoms with Gasteiger partial charge in [0.2, 0.25) is 0 Å². The summed E-state index contributed by atoms with van der Waals surface area (Å²) in [6.45, 7) is 1.83. The Morgan fingerprint density at radius 3 is 2.87 bits per heavy atom. The van der Waals surface area contributed by atoms with Gasteiger partial charge in [-0.25, -0.2) is 0 Å². The molecule has 2 N–H and O–H groups in total. The number of carbonyl (C=O) groups is 1. The lowest BCUT2D eigenvalue weighted by Crippen LogP contribution is -2.30. The molecular weight excluding hydrogens is 328 g/mol. The van der Waals surface area contributed by atoms with Crippen LogP contribution in [0.1, 0.15) is 17.3 Å². The molecule has 82 valence electrons. The van der Waals surface area contributed by atoms with Crippen LogP contribution in [0.5, 0.6) is 0 Å². The van der Waals surface area contributed by atoms with Gasteiger partial charge in [0.1, 0.15) is 0 Å². The average molecular weight is 340 g/mol. The molecule has 1 aromatic carbocycles. The van der Waals surface area contributed by atoms with Gasteiger partial charge in [0.25, 0.3) is 5.91 Å². The number of aliphatic hydroxyl groups is 1. The van der Waals surface area contributed by atoms with Crippen molar-refractivity contribution in [2.45, 2.75) is 13.0 Å². The molecule has 0 aliphatic carbocycles. The Labute approximate surface area is 107 Å². The summed E-state index contributed by atoms with van der Waals surface area (Å²) < 4.78 is 0.977. The van der Waals surface area contributed by atoms with Gasteiger partial charge in [0, 0.05) is 10.1 Å². The van der Waals surface area contributed by atoms with Crippen LogP contribution in [0.4, 0.5) is 0 Å². The first-order valence-electron chi connectivity index (χ1n) is 4.42. The van der Waals surface area contributed by atoms with E-state index < -0.39 is 6.10 Å². The van der Waals surface area contributed by atoms with E-state index in [9.17, 15) is 4.79 Å². The normalized spacial score (nSPS) is 12.3. The minimum absolute atomic E-state index is 0.223. The summed E-state index contributed by atoms with van der Waals surface area (Å²) in [4.78, 5) is 11.6. The highest BCUT2D eigenvalue weighted by atomic mass is 127. The van der Waals surface area contributed by atoms with Crippen molar-refractivity contribution in [1.29, 1.82) is 0 Å². The molecular formula is C10H11ClINO2. The van der Waals surface area contributed by atoms with E-state index in [1.807, 2.05) is 6.07 Å². The second-order valence-corrected chi connectivity index (χ2v) is 4.84. The Hall–Kier alpha value is -0.330. The van der Waals surface area contributed by atoms with E-state index in [2.05, 4.69) is 27.9 Å². The second kappa shape index (κ2) is 5.67. The fourth-order valence-electron chi connectivity index (χ4n) is 1.01. The summed E-state index contributed by atoms with van der Waals surface area (Å²) in [6.07, 6.45) is -0.559. The molecule has 0 aliphatic rings. The summed E-state index contributed by atoms with van der Waals surface area (Å²) in [7, 11) is 0. The molecule has 0 saturated carbocycles. The molecule has 1 rings (SSSR count). The van der Waals surface area contributed by atoms with E-state index in [0.29, 0.717) is 10.6 Å². The van der Waals surface area contributed by atoms with Crippen LogP contribution in [0.2, 0.25) is 5.02 Å². The van der Waals surface area contributed by atoms with Crippen LogP contribution in [-0.4, -0.2) is 23.7 Å². The van der Waals surface area contributed by atoms with Crippen LogP contribution in [-0.2, 0) is 0 Å². The number of nitrogens with one attached hydrogen (secondary N) is 1. The standard InChI is InChI=1S/C10H11ClINO2/c1-6(14)5-13-10(15)8-3-2-7(12)4-9(8)11/h2-4,6,14H,5H2,1H3,(H,13,15). The number of benzene rings is 1. The molecule has 0 heterocycles. The highest BCUT2D eigenvalue weighted by Crippen LogP contribution is 2.18. The number of rotatable bonds is 3. The highest BCUT2D eigenvalue weighted by molar-refractivity contribution is 14.1. The zero-order valence-electron chi connectivity index (χ0n) is 8.13. The number of aliphatic hydroxyl groups excluding tert-OH is 1. The first-order valence-corrected chi connectivity index (χ1v) is 5.87. The summed E-state index contributed by atoms with van der Waals surface area (Å²) in [5, 5.41) is 12.0. The molecule has 0 spiro atoms. The van der Waals surface area contributed by atoms with E-state index >= 15 is 0 Å². The van der Waals surface area contributed by atoms with Gasteiger partial charge in [-0.15, -0.1) is 0 Å². The van der Waals surface area contributed by atoms with E-state index in [4.69, 9.17) is 16.7 Å². The van der Waals surface area contributed by atoms with Crippen molar-refractivity contribution < 1.29 is 9.90 Å². The molecule has 1 amide bonds. The van der Waals surface area contributed by atoms with Crippen molar-refractivity contribution in [2.75, 3.05) is 6.54 Å². The second-order valence-electron chi connectivity index (χ2n) is 3.18. The Bertz CT molecular complexity index is 368. The summed E-state index contributed by atoms with van der Waals surface area (Å²) in [5.74, 6) is -0.266. The zero-order chi connectivity index (χ0) is 11.4. The van der Waals surface area contributed by atoms with Gasteiger partial charge in [-0.2, -0.15) is 0 Å². The van der Waals surface area contributed by atoms with Crippen LogP contribution in [0.15, 0.2) is 18.2 Å². The third-order valence-electron chi connectivity index (χ3n) is 1.73. The van der Waals surface area contributed by atoms with Gasteiger partial charge in [0.15, 0.2) is 0 Å². The van der Waals surface area contributed by atoms with Gasteiger partial charge >= 0.3 is 0 Å². The molecule has 1 unspecified atom stereocenters. The average Bonchev–Trinajstić information content (AvgIpc) is 2.14. The van der Waals surface area contributed by atoms with Crippen LogP contribution in [0.3, 0.4) is 0 Å². The van der Waals surface area contributed by atoms with Crippen molar-refractivity contribution in [3.63, 3.8) is 0 Å². The third kappa shape index (κ3) is 3.96. The molecule has 1 atom stereocenters. The maximum atomic E-state index is 11.6. The van der Waals surface area contributed by atoms with Crippen molar-refractivity contribution in [3.8, 4) is 0 Å². The first-order chi connectivity index (χ1) is 7.00. The van der Waals surface area contributed by atoms with E-state index in [1.165, 1.54) is 0 Å². The quantitative estimate of drug-likeness (QED) is 0.828. The van der Waals surface area contributed by atoms with Crippen LogP contribution >= 0.6 is 34.2 Å². The van der Waals surface area contributed by atoms with Gasteiger partial charge in [-0.3, -0.25) is 4.79 Å². The van der Waals surface area contributed by atoms with Crippen LogP contribution < -0.4 is 5.32 Å². The summed E-state index contributed by atoms with van der Waals surface area (Å²) in [5.41, 5.74) is 0.428. The molecule has 0 radical (unpaired) electrons. The third-order valence-corrected chi connectivity index (χ3v) is 2.72. The lowest BCUT2D eigenvalue weighted by Gasteiger charge is -2.08. The van der Waals surface area contributed by atoms with E-state index in [1.54, 1.807) is 19.1 Å². The maximum absolute atomic E-state index is 11.6. The van der Waals surface area contributed by atoms with Crippen molar-refractivity contribution in [3.05, 3.63) is 32.4 Å². The van der Waals surface area contributed by atoms with Crippen LogP contribution in [0, 0.1) is 3.57 Å². The minimum atomic E-state index is -0.559.